The largest absolute Gasteiger partial charge is 0.478 e. The van der Waals surface area contributed by atoms with E-state index < -0.39 is 5.97 Å². The predicted molar refractivity (Wildman–Crippen MR) is 145 cm³/mol. The summed E-state index contributed by atoms with van der Waals surface area (Å²) in [5.41, 5.74) is 9.83. The van der Waals surface area contributed by atoms with Gasteiger partial charge in [0.2, 0.25) is 0 Å². The van der Waals surface area contributed by atoms with E-state index in [-0.39, 0.29) is 18.1 Å². The van der Waals surface area contributed by atoms with E-state index >= 15 is 0 Å². The highest BCUT2D eigenvalue weighted by Gasteiger charge is 2.23. The molecular weight excluding hydrogens is 468 g/mol. The molecule has 3 nitrogen and oxygen atoms in total. The molecule has 0 bridgehead atoms. The van der Waals surface area contributed by atoms with Crippen LogP contribution in [0.5, 0.6) is 0 Å². The van der Waals surface area contributed by atoms with Gasteiger partial charge in [0.05, 0.1) is 12.2 Å². The van der Waals surface area contributed by atoms with Crippen molar-refractivity contribution in [1.29, 1.82) is 0 Å². The molecule has 3 aromatic rings. The van der Waals surface area contributed by atoms with Gasteiger partial charge in [-0.1, -0.05) is 42.5 Å². The van der Waals surface area contributed by atoms with Crippen LogP contribution in [0.3, 0.4) is 0 Å². The van der Waals surface area contributed by atoms with Crippen molar-refractivity contribution < 1.29 is 18.7 Å². The number of nitrogens with zero attached hydrogens (tertiary/aromatic N) is 1. The van der Waals surface area contributed by atoms with Gasteiger partial charge in [-0.3, -0.25) is 9.29 Å². The smallest absolute Gasteiger partial charge is 0.335 e. The summed E-state index contributed by atoms with van der Waals surface area (Å²) < 4.78 is 26.8. The van der Waals surface area contributed by atoms with Crippen LogP contribution in [0, 0.1) is 12.7 Å². The van der Waals surface area contributed by atoms with Crippen molar-refractivity contribution in [3.05, 3.63) is 111 Å². The number of rotatable bonds is 7. The van der Waals surface area contributed by atoms with Gasteiger partial charge >= 0.3 is 5.97 Å². The van der Waals surface area contributed by atoms with Crippen LogP contribution in [0.15, 0.2) is 66.2 Å². The van der Waals surface area contributed by atoms with Gasteiger partial charge in [-0.15, -0.1) is 0 Å². The van der Waals surface area contributed by atoms with E-state index in [2.05, 4.69) is 35.2 Å². The van der Waals surface area contributed by atoms with Crippen LogP contribution in [0.4, 0.5) is 8.78 Å². The Labute approximate surface area is 216 Å². The van der Waals surface area contributed by atoms with Crippen molar-refractivity contribution in [2.75, 3.05) is 26.3 Å². The van der Waals surface area contributed by atoms with Gasteiger partial charge in [-0.2, -0.15) is 0 Å². The zero-order valence-corrected chi connectivity index (χ0v) is 21.1. The zero-order valence-electron chi connectivity index (χ0n) is 21.1. The summed E-state index contributed by atoms with van der Waals surface area (Å²) in [6.07, 6.45) is 5.17. The first-order valence-corrected chi connectivity index (χ1v) is 12.9. The number of aryl methyl sites for hydroxylation is 2. The molecule has 0 amide bonds. The summed E-state index contributed by atoms with van der Waals surface area (Å²) in [5, 5.41) is 9.54. The number of aromatic carboxylic acids is 1. The van der Waals surface area contributed by atoms with E-state index in [9.17, 15) is 18.7 Å². The van der Waals surface area contributed by atoms with Gasteiger partial charge in [-0.25, -0.2) is 9.18 Å². The Bertz CT molecular complexity index is 1380. The molecule has 0 atom stereocenters. The first-order valence-electron chi connectivity index (χ1n) is 12.9. The number of carboxylic acid groups (broad SMARTS) is 1. The monoisotopic (exact) mass is 499 g/mol. The molecule has 1 fully saturated rings. The van der Waals surface area contributed by atoms with Crippen molar-refractivity contribution in [1.82, 2.24) is 4.90 Å². The number of fused-ring (bicyclic) bond motifs is 1. The maximum absolute atomic E-state index is 14.4. The average molecular weight is 500 g/mol. The van der Waals surface area contributed by atoms with Gasteiger partial charge in [0, 0.05) is 19.6 Å². The highest BCUT2D eigenvalue weighted by molar-refractivity contribution is 6.01. The number of hydrogen-bond acceptors (Lipinski definition) is 2. The molecule has 0 radical (unpaired) electrons. The number of hydrogen-bond donors (Lipinski definition) is 1. The Morgan fingerprint density at radius 1 is 1.00 bits per heavy atom. The second-order valence-corrected chi connectivity index (χ2v) is 10.0. The van der Waals surface area contributed by atoms with Gasteiger partial charge < -0.3 is 5.11 Å². The van der Waals surface area contributed by atoms with Gasteiger partial charge in [0.25, 0.3) is 0 Å². The van der Waals surface area contributed by atoms with Crippen molar-refractivity contribution in [3.8, 4) is 0 Å². The summed E-state index contributed by atoms with van der Waals surface area (Å²) in [7, 11) is 0. The zero-order chi connectivity index (χ0) is 25.9. The number of carboxylic acids is 1. The van der Waals surface area contributed by atoms with E-state index in [4.69, 9.17) is 0 Å². The van der Waals surface area contributed by atoms with Crippen LogP contribution in [-0.2, 0) is 6.42 Å². The third kappa shape index (κ3) is 5.42. The number of allylic oxidation sites excluding steroid dienone is 1. The highest BCUT2D eigenvalue weighted by atomic mass is 19.1. The number of benzene rings is 3. The van der Waals surface area contributed by atoms with Crippen LogP contribution in [0.2, 0.25) is 0 Å². The summed E-state index contributed by atoms with van der Waals surface area (Å²) >= 11 is 0. The topological polar surface area (TPSA) is 40.5 Å². The standard InChI is InChI=1S/C32H31F2NO2/c1-21-6-12-27(34)18-30(21)29-5-2-4-25-17-26(32(36)37)11-13-28(25)31(29)24-9-7-22(8-10-24)16-23-19-35(20-23)15-3-14-33/h6-13,16-18H,2-5,14-15,19-20H2,1H3,(H,36,37). The third-order valence-electron chi connectivity index (χ3n) is 7.35. The minimum atomic E-state index is -0.935. The van der Waals surface area contributed by atoms with E-state index in [1.165, 1.54) is 11.6 Å². The second kappa shape index (κ2) is 10.8. The molecule has 0 saturated carbocycles. The molecule has 5 heteroatoms. The van der Waals surface area contributed by atoms with Crippen molar-refractivity contribution in [2.24, 2.45) is 0 Å². The molecule has 0 aromatic heterocycles. The maximum Gasteiger partial charge on any atom is 0.335 e. The lowest BCUT2D eigenvalue weighted by molar-refractivity contribution is 0.0696. The molecular formula is C32H31F2NO2. The summed E-state index contributed by atoms with van der Waals surface area (Å²) in [6, 6.07) is 18.7. The first kappa shape index (κ1) is 25.1. The van der Waals surface area contributed by atoms with Gasteiger partial charge in [0.1, 0.15) is 5.82 Å². The molecule has 1 aliphatic heterocycles. The van der Waals surface area contributed by atoms with Crippen LogP contribution in [-0.4, -0.2) is 42.3 Å². The quantitative estimate of drug-likeness (QED) is 0.374. The van der Waals surface area contributed by atoms with Crippen LogP contribution in [0.1, 0.15) is 63.0 Å². The number of halogens is 2. The lowest BCUT2D eigenvalue weighted by atomic mass is 9.85. The molecule has 1 heterocycles. The normalized spacial score (nSPS) is 15.7. The summed E-state index contributed by atoms with van der Waals surface area (Å²) in [4.78, 5) is 13.9. The second-order valence-electron chi connectivity index (χ2n) is 10.0. The lowest BCUT2D eigenvalue weighted by Gasteiger charge is -2.33. The van der Waals surface area contributed by atoms with Crippen molar-refractivity contribution in [2.45, 2.75) is 32.6 Å². The molecule has 1 aliphatic carbocycles. The van der Waals surface area contributed by atoms with Crippen molar-refractivity contribution in [3.63, 3.8) is 0 Å². The van der Waals surface area contributed by atoms with E-state index in [1.54, 1.807) is 18.2 Å². The number of alkyl halides is 1. The SMILES string of the molecule is Cc1ccc(F)cc1C1=C(c2ccc(C=C3CN(CCCF)C3)cc2)c2ccc(C(=O)O)cc2CCC1. The number of likely N-dealkylation sites (tertiary alicyclic amines) is 1. The molecule has 3 aromatic carbocycles. The fourth-order valence-corrected chi connectivity index (χ4v) is 5.48. The molecule has 0 spiro atoms. The first-order chi connectivity index (χ1) is 17.9. The van der Waals surface area contributed by atoms with E-state index in [1.807, 2.05) is 19.1 Å². The highest BCUT2D eigenvalue weighted by Crippen LogP contribution is 2.41. The lowest BCUT2D eigenvalue weighted by Crippen LogP contribution is -2.40. The average Bonchev–Trinajstić information content (AvgIpc) is 3.06. The third-order valence-corrected chi connectivity index (χ3v) is 7.35. The predicted octanol–water partition coefficient (Wildman–Crippen LogP) is 7.19. The minimum absolute atomic E-state index is 0.263. The molecule has 5 rings (SSSR count). The molecule has 190 valence electrons. The maximum atomic E-state index is 14.4. The van der Waals surface area contributed by atoms with Crippen molar-refractivity contribution >= 4 is 23.2 Å². The molecule has 1 N–H and O–H groups in total. The molecule has 37 heavy (non-hydrogen) atoms. The van der Waals surface area contributed by atoms with Gasteiger partial charge in [0.15, 0.2) is 0 Å². The minimum Gasteiger partial charge on any atom is -0.478 e. The Morgan fingerprint density at radius 3 is 2.51 bits per heavy atom. The molecule has 2 aliphatic rings. The fraction of sp³-hybridized carbons (Fsp3) is 0.281. The summed E-state index contributed by atoms with van der Waals surface area (Å²) in [6.45, 7) is 4.30. The Morgan fingerprint density at radius 2 is 1.78 bits per heavy atom. The Hall–Kier alpha value is -3.57. The van der Waals surface area contributed by atoms with Gasteiger partial charge in [-0.05, 0) is 107 Å². The molecule has 0 unspecified atom stereocenters. The van der Waals surface area contributed by atoms with Crippen LogP contribution < -0.4 is 0 Å². The van der Waals surface area contributed by atoms with Crippen LogP contribution in [0.25, 0.3) is 17.2 Å². The number of carbonyl (C=O) groups is 1. The summed E-state index contributed by atoms with van der Waals surface area (Å²) in [5.74, 6) is -1.20. The Balaban J connectivity index is 1.56. The van der Waals surface area contributed by atoms with E-state index in [0.29, 0.717) is 6.42 Å². The fourth-order valence-electron chi connectivity index (χ4n) is 5.48. The molecule has 1 saturated heterocycles. The van der Waals surface area contributed by atoms with E-state index in [0.717, 1.165) is 83.4 Å². The Kier molecular flexibility index (Phi) is 7.33. The van der Waals surface area contributed by atoms with Crippen LogP contribution >= 0.6 is 0 Å².